The summed E-state index contributed by atoms with van der Waals surface area (Å²) in [6.45, 7) is 1.61. The number of esters is 1. The smallest absolute Gasteiger partial charge is 0.341 e. The molecule has 2 aromatic carbocycles. The fourth-order valence-electron chi connectivity index (χ4n) is 4.23. The van der Waals surface area contributed by atoms with Crippen molar-refractivity contribution in [2.24, 2.45) is 0 Å². The topological polar surface area (TPSA) is 102 Å². The molecule has 1 amide bonds. The van der Waals surface area contributed by atoms with E-state index in [-0.39, 0.29) is 10.6 Å². The van der Waals surface area contributed by atoms with Gasteiger partial charge in [-0.05, 0) is 62.4 Å². The molecular formula is C26H28N2O6S2. The van der Waals surface area contributed by atoms with Crippen LogP contribution in [-0.4, -0.2) is 40.6 Å². The highest BCUT2D eigenvalue weighted by Gasteiger charge is 2.31. The van der Waals surface area contributed by atoms with Crippen molar-refractivity contribution in [1.82, 2.24) is 0 Å². The first kappa shape index (κ1) is 25.7. The van der Waals surface area contributed by atoms with Gasteiger partial charge in [0.25, 0.3) is 10.0 Å². The quantitative estimate of drug-likeness (QED) is 0.406. The summed E-state index contributed by atoms with van der Waals surface area (Å²) in [4.78, 5) is 27.0. The summed E-state index contributed by atoms with van der Waals surface area (Å²) in [5.74, 6) is -0.751. The number of anilines is 2. The molecule has 1 aromatic heterocycles. The van der Waals surface area contributed by atoms with Crippen molar-refractivity contribution >= 4 is 43.9 Å². The first-order chi connectivity index (χ1) is 17.4. The summed E-state index contributed by atoms with van der Waals surface area (Å²) in [6, 6.07) is 14.6. The van der Waals surface area contributed by atoms with Gasteiger partial charge in [0, 0.05) is 4.88 Å². The van der Waals surface area contributed by atoms with Crippen molar-refractivity contribution in [3.63, 3.8) is 0 Å². The number of sulfonamides is 1. The van der Waals surface area contributed by atoms with Gasteiger partial charge >= 0.3 is 5.97 Å². The zero-order chi connectivity index (χ0) is 25.7. The molecule has 0 fully saturated rings. The highest BCUT2D eigenvalue weighted by atomic mass is 32.2. The molecule has 0 atom stereocenters. The SMILES string of the molecule is CCOc1ccccc1N(CC(=O)Nc1sc2c(c1C(=O)OC)CCCC2)S(=O)(=O)c1ccccc1. The Kier molecular flexibility index (Phi) is 7.95. The van der Waals surface area contributed by atoms with Crippen LogP contribution in [0.5, 0.6) is 5.75 Å². The summed E-state index contributed by atoms with van der Waals surface area (Å²) in [7, 11) is -2.81. The molecule has 1 aliphatic rings. The van der Waals surface area contributed by atoms with E-state index in [1.807, 2.05) is 0 Å². The first-order valence-corrected chi connectivity index (χ1v) is 13.9. The lowest BCUT2D eigenvalue weighted by molar-refractivity contribution is -0.114. The summed E-state index contributed by atoms with van der Waals surface area (Å²) >= 11 is 1.35. The summed E-state index contributed by atoms with van der Waals surface area (Å²) in [6.07, 6.45) is 3.54. The predicted molar refractivity (Wildman–Crippen MR) is 140 cm³/mol. The Morgan fingerprint density at radius 1 is 1.03 bits per heavy atom. The van der Waals surface area contributed by atoms with Crippen LogP contribution in [0.15, 0.2) is 59.5 Å². The molecular weight excluding hydrogens is 500 g/mol. The summed E-state index contributed by atoms with van der Waals surface area (Å²) < 4.78 is 39.0. The number of carbonyl (C=O) groups excluding carboxylic acids is 2. The molecule has 3 aromatic rings. The molecule has 4 rings (SSSR count). The zero-order valence-corrected chi connectivity index (χ0v) is 21.8. The van der Waals surface area contributed by atoms with Gasteiger partial charge in [-0.25, -0.2) is 13.2 Å². The molecule has 10 heteroatoms. The number of methoxy groups -OCH3 is 1. The van der Waals surface area contributed by atoms with Crippen molar-refractivity contribution < 1.29 is 27.5 Å². The van der Waals surface area contributed by atoms with Crippen LogP contribution in [0.25, 0.3) is 0 Å². The Labute approximate surface area is 214 Å². The van der Waals surface area contributed by atoms with Crippen LogP contribution >= 0.6 is 11.3 Å². The Bertz CT molecular complexity index is 1350. The summed E-state index contributed by atoms with van der Waals surface area (Å²) in [5, 5.41) is 3.17. The van der Waals surface area contributed by atoms with Gasteiger partial charge in [0.05, 0.1) is 29.9 Å². The number of hydrogen-bond donors (Lipinski definition) is 1. The lowest BCUT2D eigenvalue weighted by atomic mass is 9.95. The number of amides is 1. The van der Waals surface area contributed by atoms with Crippen LogP contribution in [0, 0.1) is 0 Å². The molecule has 1 aliphatic carbocycles. The van der Waals surface area contributed by atoms with Crippen LogP contribution in [-0.2, 0) is 32.4 Å². The van der Waals surface area contributed by atoms with E-state index >= 15 is 0 Å². The number of aryl methyl sites for hydroxylation is 1. The number of hydrogen-bond acceptors (Lipinski definition) is 7. The molecule has 1 heterocycles. The Morgan fingerprint density at radius 2 is 1.72 bits per heavy atom. The molecule has 36 heavy (non-hydrogen) atoms. The van der Waals surface area contributed by atoms with Crippen LogP contribution in [0.4, 0.5) is 10.7 Å². The van der Waals surface area contributed by atoms with Gasteiger partial charge < -0.3 is 14.8 Å². The first-order valence-electron chi connectivity index (χ1n) is 11.7. The standard InChI is InChI=1S/C26H28N2O6S2/c1-3-34-21-15-9-8-14-20(21)28(36(31,32)18-11-5-4-6-12-18)17-23(29)27-25-24(26(30)33-2)19-13-7-10-16-22(19)35-25/h4-6,8-9,11-12,14-15H,3,7,10,13,16-17H2,1-2H3,(H,27,29). The van der Waals surface area contributed by atoms with E-state index in [1.165, 1.54) is 30.6 Å². The van der Waals surface area contributed by atoms with Crippen LogP contribution in [0.3, 0.4) is 0 Å². The van der Waals surface area contributed by atoms with Crippen LogP contribution in [0.1, 0.15) is 40.6 Å². The second-order valence-corrected chi connectivity index (χ2v) is 11.1. The number of nitrogens with zero attached hydrogens (tertiary/aromatic N) is 1. The minimum absolute atomic E-state index is 0.0472. The van der Waals surface area contributed by atoms with Crippen molar-refractivity contribution in [3.05, 3.63) is 70.6 Å². The maximum absolute atomic E-state index is 13.7. The number of para-hydroxylation sites is 2. The predicted octanol–water partition coefficient (Wildman–Crippen LogP) is 4.65. The van der Waals surface area contributed by atoms with Gasteiger partial charge in [-0.1, -0.05) is 30.3 Å². The number of rotatable bonds is 9. The Hall–Kier alpha value is -3.37. The van der Waals surface area contributed by atoms with Crippen molar-refractivity contribution in [1.29, 1.82) is 0 Å². The largest absolute Gasteiger partial charge is 0.492 e. The minimum Gasteiger partial charge on any atom is -0.492 e. The molecule has 0 aliphatic heterocycles. The van der Waals surface area contributed by atoms with E-state index in [9.17, 15) is 18.0 Å². The van der Waals surface area contributed by atoms with E-state index in [4.69, 9.17) is 9.47 Å². The highest BCUT2D eigenvalue weighted by Crippen LogP contribution is 2.39. The number of fused-ring (bicyclic) bond motifs is 1. The maximum atomic E-state index is 13.7. The van der Waals surface area contributed by atoms with Gasteiger partial charge in [0.2, 0.25) is 5.91 Å². The zero-order valence-electron chi connectivity index (χ0n) is 20.2. The molecule has 0 spiro atoms. The van der Waals surface area contributed by atoms with Gasteiger partial charge in [0.1, 0.15) is 17.3 Å². The number of benzene rings is 2. The lowest BCUT2D eigenvalue weighted by Crippen LogP contribution is -2.38. The van der Waals surface area contributed by atoms with Gasteiger partial charge in [-0.15, -0.1) is 11.3 Å². The average molecular weight is 529 g/mol. The Morgan fingerprint density at radius 3 is 2.44 bits per heavy atom. The molecule has 8 nitrogen and oxygen atoms in total. The molecule has 190 valence electrons. The second-order valence-electron chi connectivity index (χ2n) is 8.18. The van der Waals surface area contributed by atoms with Gasteiger partial charge in [0.15, 0.2) is 0 Å². The van der Waals surface area contributed by atoms with E-state index in [0.717, 1.165) is 40.4 Å². The van der Waals surface area contributed by atoms with Crippen molar-refractivity contribution in [3.8, 4) is 5.75 Å². The highest BCUT2D eigenvalue weighted by molar-refractivity contribution is 7.92. The monoisotopic (exact) mass is 528 g/mol. The van der Waals surface area contributed by atoms with E-state index in [2.05, 4.69) is 5.32 Å². The Balaban J connectivity index is 1.71. The van der Waals surface area contributed by atoms with Crippen molar-refractivity contribution in [2.75, 3.05) is 29.9 Å². The molecule has 0 saturated carbocycles. The number of ether oxygens (including phenoxy) is 2. The van der Waals surface area contributed by atoms with E-state index < -0.39 is 28.4 Å². The van der Waals surface area contributed by atoms with Crippen molar-refractivity contribution in [2.45, 2.75) is 37.5 Å². The molecule has 0 saturated heterocycles. The third-order valence-corrected chi connectivity index (χ3v) is 8.85. The molecule has 0 unspecified atom stereocenters. The fourth-order valence-corrected chi connectivity index (χ4v) is 6.97. The van der Waals surface area contributed by atoms with Gasteiger partial charge in [-0.2, -0.15) is 0 Å². The molecule has 0 bridgehead atoms. The van der Waals surface area contributed by atoms with Gasteiger partial charge in [-0.3, -0.25) is 9.10 Å². The normalized spacial score (nSPS) is 12.9. The van der Waals surface area contributed by atoms with E-state index in [0.29, 0.717) is 22.9 Å². The maximum Gasteiger partial charge on any atom is 0.341 e. The van der Waals surface area contributed by atoms with Crippen LogP contribution < -0.4 is 14.4 Å². The third kappa shape index (κ3) is 5.24. The minimum atomic E-state index is -4.11. The van der Waals surface area contributed by atoms with E-state index in [1.54, 1.807) is 49.4 Å². The summed E-state index contributed by atoms with van der Waals surface area (Å²) in [5.41, 5.74) is 1.51. The third-order valence-electron chi connectivity index (χ3n) is 5.87. The average Bonchev–Trinajstić information content (AvgIpc) is 3.25. The second kappa shape index (κ2) is 11.1. The molecule has 0 radical (unpaired) electrons. The number of nitrogens with one attached hydrogen (secondary N) is 1. The van der Waals surface area contributed by atoms with Crippen LogP contribution in [0.2, 0.25) is 0 Å². The molecule has 1 N–H and O–H groups in total. The lowest BCUT2D eigenvalue weighted by Gasteiger charge is -2.26. The number of carbonyl (C=O) groups is 2. The fraction of sp³-hybridized carbons (Fsp3) is 0.308. The number of thiophene rings is 1.